The highest BCUT2D eigenvalue weighted by atomic mass is 127. The predicted octanol–water partition coefficient (Wildman–Crippen LogP) is 2.18. The molecule has 0 bridgehead atoms. The second-order valence-corrected chi connectivity index (χ2v) is 3.59. The molecule has 0 saturated carbocycles. The van der Waals surface area contributed by atoms with Crippen molar-refractivity contribution < 1.29 is 9.53 Å². The number of benzene rings is 1. The Morgan fingerprint density at radius 1 is 1.42 bits per heavy atom. The normalized spacial score (nSPS) is 12.5. The summed E-state index contributed by atoms with van der Waals surface area (Å²) in [6.07, 6.45) is 0.365. The fraction of sp³-hybridized carbons (Fsp3) is 0.222. The molecule has 0 aliphatic carbocycles. The van der Waals surface area contributed by atoms with Gasteiger partial charge >= 0.3 is 0 Å². The van der Waals surface area contributed by atoms with E-state index in [1.54, 1.807) is 0 Å². The Morgan fingerprint density at radius 3 is 2.42 bits per heavy atom. The molecule has 0 aliphatic heterocycles. The number of carbonyl (C=O) groups is 1. The highest BCUT2D eigenvalue weighted by Crippen LogP contribution is 2.15. The van der Waals surface area contributed by atoms with Crippen LogP contribution in [0.25, 0.3) is 0 Å². The van der Waals surface area contributed by atoms with Gasteiger partial charge in [0, 0.05) is 10.7 Å². The van der Waals surface area contributed by atoms with Crippen molar-refractivity contribution in [2.45, 2.75) is 6.10 Å². The number of hydrogen-bond acceptors (Lipinski definition) is 2. The number of methoxy groups -OCH3 is 1. The van der Waals surface area contributed by atoms with E-state index in [1.165, 1.54) is 7.11 Å². The van der Waals surface area contributed by atoms with Gasteiger partial charge in [-0.3, -0.25) is 0 Å². The van der Waals surface area contributed by atoms with Crippen LogP contribution in [0, 0.1) is 3.57 Å². The van der Waals surface area contributed by atoms with Crippen LogP contribution in [0.3, 0.4) is 0 Å². The van der Waals surface area contributed by atoms with E-state index in [-0.39, 0.29) is 0 Å². The third kappa shape index (κ3) is 2.28. The Kier molecular flexibility index (Phi) is 3.68. The largest absolute Gasteiger partial charge is 0.369 e. The molecule has 0 amide bonds. The average molecular weight is 276 g/mol. The second-order valence-electron chi connectivity index (χ2n) is 2.34. The van der Waals surface area contributed by atoms with Crippen LogP contribution in [-0.2, 0) is 9.53 Å². The second kappa shape index (κ2) is 4.57. The summed E-state index contributed by atoms with van der Waals surface area (Å²) >= 11 is 2.21. The quantitative estimate of drug-likeness (QED) is 0.624. The molecule has 12 heavy (non-hydrogen) atoms. The van der Waals surface area contributed by atoms with Gasteiger partial charge in [0.25, 0.3) is 0 Å². The molecule has 2 nitrogen and oxygen atoms in total. The number of rotatable bonds is 3. The van der Waals surface area contributed by atoms with E-state index in [4.69, 9.17) is 4.74 Å². The highest BCUT2D eigenvalue weighted by molar-refractivity contribution is 14.1. The van der Waals surface area contributed by atoms with Gasteiger partial charge in [0.05, 0.1) is 0 Å². The van der Waals surface area contributed by atoms with Gasteiger partial charge in [-0.15, -0.1) is 0 Å². The lowest BCUT2D eigenvalue weighted by atomic mass is 10.1. The zero-order valence-corrected chi connectivity index (χ0v) is 8.82. The monoisotopic (exact) mass is 276 g/mol. The maximum atomic E-state index is 10.5. The molecule has 0 fully saturated rings. The maximum absolute atomic E-state index is 10.5. The van der Waals surface area contributed by atoms with Crippen molar-refractivity contribution in [3.63, 3.8) is 0 Å². The van der Waals surface area contributed by atoms with Crippen molar-refractivity contribution in [2.24, 2.45) is 0 Å². The van der Waals surface area contributed by atoms with Gasteiger partial charge < -0.3 is 9.53 Å². The van der Waals surface area contributed by atoms with E-state index < -0.39 is 6.10 Å². The lowest BCUT2D eigenvalue weighted by molar-refractivity contribution is -0.116. The van der Waals surface area contributed by atoms with Gasteiger partial charge in [0.2, 0.25) is 0 Å². The fourth-order valence-corrected chi connectivity index (χ4v) is 1.28. The molecule has 1 unspecified atom stereocenters. The van der Waals surface area contributed by atoms with Crippen LogP contribution >= 0.6 is 22.6 Å². The van der Waals surface area contributed by atoms with E-state index in [9.17, 15) is 4.79 Å². The molecular weight excluding hydrogens is 267 g/mol. The Balaban J connectivity index is 2.87. The van der Waals surface area contributed by atoms with Crippen molar-refractivity contribution in [3.8, 4) is 0 Å². The summed E-state index contributed by atoms with van der Waals surface area (Å²) < 4.78 is 6.10. The maximum Gasteiger partial charge on any atom is 0.153 e. The number of ether oxygens (including phenoxy) is 1. The van der Waals surface area contributed by atoms with Crippen molar-refractivity contribution in [1.29, 1.82) is 0 Å². The standard InChI is InChI=1S/C9H9IO2/c1-12-9(6-11)7-2-4-8(10)5-3-7/h2-6,9H,1H3. The molecule has 0 spiro atoms. The van der Waals surface area contributed by atoms with Gasteiger partial charge in [-0.05, 0) is 40.3 Å². The Morgan fingerprint density at radius 2 is 2.00 bits per heavy atom. The van der Waals surface area contributed by atoms with E-state index >= 15 is 0 Å². The van der Waals surface area contributed by atoms with Gasteiger partial charge in [-0.2, -0.15) is 0 Å². The van der Waals surface area contributed by atoms with Crippen LogP contribution in [0.4, 0.5) is 0 Å². The Hall–Kier alpha value is -0.420. The molecule has 0 saturated heterocycles. The van der Waals surface area contributed by atoms with Crippen LogP contribution < -0.4 is 0 Å². The molecular formula is C9H9IO2. The van der Waals surface area contributed by atoms with Crippen LogP contribution in [0.1, 0.15) is 11.7 Å². The minimum absolute atomic E-state index is 0.429. The SMILES string of the molecule is COC(C=O)c1ccc(I)cc1. The third-order valence-electron chi connectivity index (χ3n) is 1.58. The van der Waals surface area contributed by atoms with Gasteiger partial charge in [0.1, 0.15) is 6.10 Å². The van der Waals surface area contributed by atoms with E-state index in [0.717, 1.165) is 15.4 Å². The van der Waals surface area contributed by atoms with Gasteiger partial charge in [-0.25, -0.2) is 0 Å². The molecule has 0 aromatic heterocycles. The third-order valence-corrected chi connectivity index (χ3v) is 2.30. The van der Waals surface area contributed by atoms with Crippen LogP contribution in [0.2, 0.25) is 0 Å². The van der Waals surface area contributed by atoms with E-state index in [0.29, 0.717) is 0 Å². The van der Waals surface area contributed by atoms with Crippen LogP contribution in [0.15, 0.2) is 24.3 Å². The van der Waals surface area contributed by atoms with Gasteiger partial charge in [-0.1, -0.05) is 12.1 Å². The first-order chi connectivity index (χ1) is 5.77. The number of aldehydes is 1. The first-order valence-electron chi connectivity index (χ1n) is 3.51. The average Bonchev–Trinajstić information content (AvgIpc) is 2.10. The number of carbonyl (C=O) groups excluding carboxylic acids is 1. The van der Waals surface area contributed by atoms with Crippen molar-refractivity contribution in [3.05, 3.63) is 33.4 Å². The molecule has 3 heteroatoms. The van der Waals surface area contributed by atoms with Crippen LogP contribution in [-0.4, -0.2) is 13.4 Å². The number of hydrogen-bond donors (Lipinski definition) is 0. The minimum atomic E-state index is -0.429. The topological polar surface area (TPSA) is 26.3 Å². The molecule has 1 aromatic rings. The molecule has 0 N–H and O–H groups in total. The van der Waals surface area contributed by atoms with E-state index in [1.807, 2.05) is 24.3 Å². The summed E-state index contributed by atoms with van der Waals surface area (Å²) in [5.41, 5.74) is 0.896. The molecule has 0 heterocycles. The van der Waals surface area contributed by atoms with Crippen LogP contribution in [0.5, 0.6) is 0 Å². The summed E-state index contributed by atoms with van der Waals surface area (Å²) in [5, 5.41) is 0. The summed E-state index contributed by atoms with van der Waals surface area (Å²) in [4.78, 5) is 10.5. The smallest absolute Gasteiger partial charge is 0.153 e. The summed E-state index contributed by atoms with van der Waals surface area (Å²) in [5.74, 6) is 0. The van der Waals surface area contributed by atoms with Crippen molar-refractivity contribution in [2.75, 3.05) is 7.11 Å². The summed E-state index contributed by atoms with van der Waals surface area (Å²) in [7, 11) is 1.52. The zero-order valence-electron chi connectivity index (χ0n) is 6.66. The van der Waals surface area contributed by atoms with Crippen molar-refractivity contribution in [1.82, 2.24) is 0 Å². The summed E-state index contributed by atoms with van der Waals surface area (Å²) in [6, 6.07) is 7.69. The molecule has 1 aromatic carbocycles. The first-order valence-corrected chi connectivity index (χ1v) is 4.59. The first kappa shape index (κ1) is 9.67. The Bertz CT molecular complexity index is 256. The molecule has 1 atom stereocenters. The lowest BCUT2D eigenvalue weighted by Crippen LogP contribution is -2.01. The molecule has 1 rings (SSSR count). The molecule has 64 valence electrons. The summed E-state index contributed by atoms with van der Waals surface area (Å²) in [6.45, 7) is 0. The fourth-order valence-electron chi connectivity index (χ4n) is 0.923. The lowest BCUT2D eigenvalue weighted by Gasteiger charge is -2.07. The zero-order chi connectivity index (χ0) is 8.97. The minimum Gasteiger partial charge on any atom is -0.369 e. The highest BCUT2D eigenvalue weighted by Gasteiger charge is 2.06. The Labute approximate surface area is 85.1 Å². The van der Waals surface area contributed by atoms with E-state index in [2.05, 4.69) is 22.6 Å². The van der Waals surface area contributed by atoms with Gasteiger partial charge in [0.15, 0.2) is 6.29 Å². The van der Waals surface area contributed by atoms with Crippen molar-refractivity contribution >= 4 is 28.9 Å². The number of halogens is 1. The molecule has 0 radical (unpaired) electrons. The predicted molar refractivity (Wildman–Crippen MR) is 55.0 cm³/mol. The molecule has 0 aliphatic rings.